The third kappa shape index (κ3) is 3.57. The minimum Gasteiger partial charge on any atom is -0.490 e. The summed E-state index contributed by atoms with van der Waals surface area (Å²) < 4.78 is 6.09. The van der Waals surface area contributed by atoms with Crippen molar-refractivity contribution >= 4 is 6.03 Å². The Morgan fingerprint density at radius 1 is 1.12 bits per heavy atom. The second-order valence-corrected chi connectivity index (χ2v) is 6.71. The number of aromatic nitrogens is 2. The first-order valence-electron chi connectivity index (χ1n) is 8.81. The Balaban J connectivity index is 1.34. The molecule has 2 aromatic rings. The maximum atomic E-state index is 12.6. The van der Waals surface area contributed by atoms with Crippen molar-refractivity contribution in [1.82, 2.24) is 20.2 Å². The fourth-order valence-electron chi connectivity index (χ4n) is 3.94. The summed E-state index contributed by atoms with van der Waals surface area (Å²) in [4.78, 5) is 22.8. The lowest BCUT2D eigenvalue weighted by Gasteiger charge is -2.38. The molecule has 6 nitrogen and oxygen atoms in total. The fraction of sp³-hybridized carbons (Fsp3) is 0.421. The van der Waals surface area contributed by atoms with Crippen LogP contribution in [-0.2, 0) is 6.54 Å². The van der Waals surface area contributed by atoms with Crippen LogP contribution in [0.1, 0.15) is 31.2 Å². The van der Waals surface area contributed by atoms with Gasteiger partial charge in [-0.05, 0) is 36.6 Å². The molecule has 2 amide bonds. The van der Waals surface area contributed by atoms with E-state index in [0.29, 0.717) is 6.54 Å². The number of carbonyl (C=O) groups is 1. The molecular weight excluding hydrogens is 316 g/mol. The summed E-state index contributed by atoms with van der Waals surface area (Å²) in [7, 11) is 0. The molecule has 130 valence electrons. The molecule has 2 aromatic heterocycles. The summed E-state index contributed by atoms with van der Waals surface area (Å²) in [6.07, 6.45) is 11.1. The predicted octanol–water partition coefficient (Wildman–Crippen LogP) is 2.76. The Morgan fingerprint density at radius 3 is 2.56 bits per heavy atom. The number of piperidine rings is 1. The van der Waals surface area contributed by atoms with E-state index in [0.717, 1.165) is 37.0 Å². The highest BCUT2D eigenvalue weighted by Gasteiger charge is 2.44. The van der Waals surface area contributed by atoms with Crippen LogP contribution in [0.2, 0.25) is 0 Å². The molecule has 4 rings (SSSR count). The number of fused-ring (bicyclic) bond motifs is 2. The second kappa shape index (κ2) is 7.09. The van der Waals surface area contributed by atoms with E-state index in [1.807, 2.05) is 29.2 Å². The Morgan fingerprint density at radius 2 is 1.88 bits per heavy atom. The quantitative estimate of drug-likeness (QED) is 0.931. The number of nitrogens with one attached hydrogen (secondary N) is 1. The van der Waals surface area contributed by atoms with E-state index >= 15 is 0 Å². The molecule has 2 atom stereocenters. The smallest absolute Gasteiger partial charge is 0.318 e. The summed E-state index contributed by atoms with van der Waals surface area (Å²) in [5, 5.41) is 3.03. The standard InChI is InChI=1S/C19H22N4O2/c24-19(22-13-14-2-1-7-21-12-14)23-15-3-4-16(23)11-18(10-15)25-17-5-8-20-9-6-17/h1-2,5-9,12,15-16,18H,3-4,10-11,13H2,(H,22,24)/t15-,16-/m0/s1. The van der Waals surface area contributed by atoms with Crippen molar-refractivity contribution < 1.29 is 9.53 Å². The fourth-order valence-corrected chi connectivity index (χ4v) is 3.94. The van der Waals surface area contributed by atoms with Gasteiger partial charge in [0.05, 0.1) is 0 Å². The Kier molecular flexibility index (Phi) is 4.50. The van der Waals surface area contributed by atoms with E-state index in [9.17, 15) is 4.79 Å². The van der Waals surface area contributed by atoms with Gasteiger partial charge in [0.1, 0.15) is 11.9 Å². The van der Waals surface area contributed by atoms with Gasteiger partial charge in [0.15, 0.2) is 0 Å². The van der Waals surface area contributed by atoms with Gasteiger partial charge in [0.2, 0.25) is 0 Å². The maximum absolute atomic E-state index is 12.6. The lowest BCUT2D eigenvalue weighted by atomic mass is 10.00. The Bertz CT molecular complexity index is 696. The molecule has 4 heterocycles. The number of amides is 2. The van der Waals surface area contributed by atoms with Crippen molar-refractivity contribution in [1.29, 1.82) is 0 Å². The first-order valence-corrected chi connectivity index (χ1v) is 8.81. The zero-order chi connectivity index (χ0) is 17.1. The number of carbonyl (C=O) groups excluding carboxylic acids is 1. The molecule has 1 N–H and O–H groups in total. The minimum atomic E-state index is 0.0266. The number of hydrogen-bond donors (Lipinski definition) is 1. The maximum Gasteiger partial charge on any atom is 0.318 e. The molecule has 2 aliphatic rings. The van der Waals surface area contributed by atoms with Gasteiger partial charge in [-0.15, -0.1) is 0 Å². The lowest BCUT2D eigenvalue weighted by Crippen LogP contribution is -2.52. The highest BCUT2D eigenvalue weighted by atomic mass is 16.5. The molecular formula is C19H22N4O2. The molecule has 0 unspecified atom stereocenters. The number of nitrogens with zero attached hydrogens (tertiary/aromatic N) is 3. The van der Waals surface area contributed by atoms with E-state index in [-0.39, 0.29) is 24.2 Å². The molecule has 0 spiro atoms. The van der Waals surface area contributed by atoms with E-state index in [1.165, 1.54) is 0 Å². The van der Waals surface area contributed by atoms with Crippen LogP contribution in [0.4, 0.5) is 4.79 Å². The van der Waals surface area contributed by atoms with Gasteiger partial charge in [-0.25, -0.2) is 4.79 Å². The van der Waals surface area contributed by atoms with Crippen LogP contribution in [0.15, 0.2) is 49.1 Å². The minimum absolute atomic E-state index is 0.0266. The summed E-state index contributed by atoms with van der Waals surface area (Å²) >= 11 is 0. The van der Waals surface area contributed by atoms with Crippen molar-refractivity contribution in [2.24, 2.45) is 0 Å². The van der Waals surface area contributed by atoms with Gasteiger partial charge in [0, 0.05) is 56.3 Å². The third-order valence-electron chi connectivity index (χ3n) is 5.04. The SMILES string of the molecule is O=C(NCc1cccnc1)N1[C@H]2CC[C@H]1CC(Oc1ccncc1)C2. The largest absolute Gasteiger partial charge is 0.490 e. The lowest BCUT2D eigenvalue weighted by molar-refractivity contribution is 0.0686. The average Bonchev–Trinajstić information content (AvgIpc) is 2.92. The summed E-state index contributed by atoms with van der Waals surface area (Å²) in [5.41, 5.74) is 1.01. The number of rotatable bonds is 4. The van der Waals surface area contributed by atoms with Gasteiger partial charge in [0.25, 0.3) is 0 Å². The third-order valence-corrected chi connectivity index (χ3v) is 5.04. The average molecular weight is 338 g/mol. The van der Waals surface area contributed by atoms with Crippen molar-refractivity contribution in [2.45, 2.75) is 50.4 Å². The number of ether oxygens (including phenoxy) is 1. The van der Waals surface area contributed by atoms with Crippen LogP contribution < -0.4 is 10.1 Å². The van der Waals surface area contributed by atoms with Crippen molar-refractivity contribution in [3.63, 3.8) is 0 Å². The highest BCUT2D eigenvalue weighted by molar-refractivity contribution is 5.75. The molecule has 25 heavy (non-hydrogen) atoms. The molecule has 2 saturated heterocycles. The normalized spacial score (nSPS) is 24.8. The number of urea groups is 1. The van der Waals surface area contributed by atoms with Gasteiger partial charge in [-0.2, -0.15) is 0 Å². The Hall–Kier alpha value is -2.63. The number of hydrogen-bond acceptors (Lipinski definition) is 4. The van der Waals surface area contributed by atoms with Crippen molar-refractivity contribution in [2.75, 3.05) is 0 Å². The molecule has 2 bridgehead atoms. The van der Waals surface area contributed by atoms with Gasteiger partial charge in [-0.1, -0.05) is 6.07 Å². The molecule has 2 aliphatic heterocycles. The zero-order valence-corrected chi connectivity index (χ0v) is 14.0. The van der Waals surface area contributed by atoms with E-state index in [2.05, 4.69) is 15.3 Å². The molecule has 6 heteroatoms. The van der Waals surface area contributed by atoms with Crippen LogP contribution in [-0.4, -0.2) is 39.1 Å². The summed E-state index contributed by atoms with van der Waals surface area (Å²) in [6.45, 7) is 0.513. The van der Waals surface area contributed by atoms with Crippen LogP contribution in [0.3, 0.4) is 0 Å². The van der Waals surface area contributed by atoms with Gasteiger partial charge < -0.3 is 15.0 Å². The van der Waals surface area contributed by atoms with Crippen LogP contribution in [0.5, 0.6) is 5.75 Å². The van der Waals surface area contributed by atoms with E-state index < -0.39 is 0 Å². The number of pyridine rings is 2. The van der Waals surface area contributed by atoms with Crippen LogP contribution in [0.25, 0.3) is 0 Å². The zero-order valence-electron chi connectivity index (χ0n) is 14.0. The Labute approximate surface area is 147 Å². The molecule has 0 aromatic carbocycles. The predicted molar refractivity (Wildman–Crippen MR) is 93.0 cm³/mol. The summed E-state index contributed by atoms with van der Waals surface area (Å²) in [5.74, 6) is 0.855. The highest BCUT2D eigenvalue weighted by Crippen LogP contribution is 2.37. The van der Waals surface area contributed by atoms with Crippen LogP contribution >= 0.6 is 0 Å². The van der Waals surface area contributed by atoms with Crippen LogP contribution in [0, 0.1) is 0 Å². The van der Waals surface area contributed by atoms with Gasteiger partial charge in [-0.3, -0.25) is 9.97 Å². The monoisotopic (exact) mass is 338 g/mol. The second-order valence-electron chi connectivity index (χ2n) is 6.71. The van der Waals surface area contributed by atoms with E-state index in [1.54, 1.807) is 24.8 Å². The van der Waals surface area contributed by atoms with Crippen molar-refractivity contribution in [3.8, 4) is 5.75 Å². The van der Waals surface area contributed by atoms with E-state index in [4.69, 9.17) is 4.74 Å². The van der Waals surface area contributed by atoms with Gasteiger partial charge >= 0.3 is 6.03 Å². The summed E-state index contributed by atoms with van der Waals surface area (Å²) in [6, 6.07) is 8.17. The first kappa shape index (κ1) is 15.9. The van der Waals surface area contributed by atoms with Crippen molar-refractivity contribution in [3.05, 3.63) is 54.6 Å². The molecule has 0 radical (unpaired) electrons. The molecule has 2 fully saturated rings. The first-order chi connectivity index (χ1) is 12.3. The molecule has 0 aliphatic carbocycles. The molecule has 0 saturated carbocycles. The topological polar surface area (TPSA) is 67.4 Å².